The summed E-state index contributed by atoms with van der Waals surface area (Å²) in [4.78, 5) is 17.4. The van der Waals surface area contributed by atoms with E-state index in [9.17, 15) is 4.79 Å². The van der Waals surface area contributed by atoms with Gasteiger partial charge >= 0.3 is 0 Å². The van der Waals surface area contributed by atoms with Crippen molar-refractivity contribution in [3.63, 3.8) is 0 Å². The van der Waals surface area contributed by atoms with Gasteiger partial charge in [0.25, 0.3) is 5.91 Å². The minimum absolute atomic E-state index is 0.0289. The summed E-state index contributed by atoms with van der Waals surface area (Å²) >= 11 is 10.8. The zero-order valence-electron chi connectivity index (χ0n) is 5.14. The molecular formula is C5H2Cl2N3O. The first-order valence-corrected chi connectivity index (χ1v) is 3.27. The van der Waals surface area contributed by atoms with E-state index >= 15 is 0 Å². The van der Waals surface area contributed by atoms with Gasteiger partial charge in [-0.15, -0.1) is 0 Å². The maximum Gasteiger partial charge on any atom is 0.286 e. The molecule has 1 amide bonds. The third-order valence-electron chi connectivity index (χ3n) is 0.835. The number of nitrogens with zero attached hydrogens (tertiary/aromatic N) is 2. The molecule has 1 aromatic rings. The van der Waals surface area contributed by atoms with Gasteiger partial charge < -0.3 is 5.73 Å². The maximum absolute atomic E-state index is 10.5. The van der Waals surface area contributed by atoms with Crippen LogP contribution in [0.25, 0.3) is 0 Å². The molecule has 0 bridgehead atoms. The van der Waals surface area contributed by atoms with Gasteiger partial charge in [-0.25, -0.2) is 9.97 Å². The molecule has 6 heteroatoms. The van der Waals surface area contributed by atoms with Crippen LogP contribution in [0.3, 0.4) is 0 Å². The molecule has 57 valence electrons. The minimum Gasteiger partial charge on any atom is -0.363 e. The number of primary amides is 1. The summed E-state index contributed by atoms with van der Waals surface area (Å²) in [5, 5.41) is -0.0578. The Morgan fingerprint density at radius 1 is 1.36 bits per heavy atom. The van der Waals surface area contributed by atoms with E-state index in [0.717, 1.165) is 0 Å². The van der Waals surface area contributed by atoms with Crippen LogP contribution < -0.4 is 5.73 Å². The lowest BCUT2D eigenvalue weighted by molar-refractivity contribution is 0.0990. The molecule has 0 saturated heterocycles. The molecule has 0 unspecified atom stereocenters. The van der Waals surface area contributed by atoms with E-state index in [1.54, 1.807) is 0 Å². The van der Waals surface area contributed by atoms with Crippen LogP contribution in [0.15, 0.2) is 0 Å². The number of carbonyl (C=O) groups excluding carboxylic acids is 1. The van der Waals surface area contributed by atoms with Crippen molar-refractivity contribution < 1.29 is 4.79 Å². The fourth-order valence-electron chi connectivity index (χ4n) is 0.462. The lowest BCUT2D eigenvalue weighted by atomic mass is 10.5. The molecule has 11 heavy (non-hydrogen) atoms. The standard InChI is InChI=1S/C5H2Cl2N3O/c6-2-1-3(7)10-5(9-2)4(8)11/h(H2,8,11). The van der Waals surface area contributed by atoms with Crippen molar-refractivity contribution in [1.29, 1.82) is 0 Å². The van der Waals surface area contributed by atoms with Crippen LogP contribution in [-0.4, -0.2) is 15.9 Å². The van der Waals surface area contributed by atoms with Gasteiger partial charge in [0.15, 0.2) is 0 Å². The summed E-state index contributed by atoms with van der Waals surface area (Å²) in [7, 11) is 0. The number of halogens is 2. The Morgan fingerprint density at radius 3 is 2.18 bits per heavy atom. The second-order valence-corrected chi connectivity index (χ2v) is 2.33. The summed E-state index contributed by atoms with van der Waals surface area (Å²) in [6.07, 6.45) is 0. The average Bonchev–Trinajstić information content (AvgIpc) is 1.85. The zero-order chi connectivity index (χ0) is 8.43. The van der Waals surface area contributed by atoms with Crippen molar-refractivity contribution in [3.8, 4) is 0 Å². The molecule has 0 aliphatic rings. The third kappa shape index (κ3) is 2.03. The Hall–Kier alpha value is -0.870. The highest BCUT2D eigenvalue weighted by Gasteiger charge is 2.06. The first kappa shape index (κ1) is 8.23. The van der Waals surface area contributed by atoms with Gasteiger partial charge in [0, 0.05) is 0 Å². The van der Waals surface area contributed by atoms with Gasteiger partial charge in [-0.1, -0.05) is 23.2 Å². The highest BCUT2D eigenvalue weighted by molar-refractivity contribution is 6.33. The molecule has 1 heterocycles. The van der Waals surface area contributed by atoms with E-state index in [4.69, 9.17) is 28.9 Å². The van der Waals surface area contributed by atoms with Gasteiger partial charge in [-0.05, 0) is 0 Å². The van der Waals surface area contributed by atoms with Crippen molar-refractivity contribution >= 4 is 29.1 Å². The van der Waals surface area contributed by atoms with Gasteiger partial charge in [-0.2, -0.15) is 0 Å². The van der Waals surface area contributed by atoms with Crippen LogP contribution in [0.1, 0.15) is 10.6 Å². The van der Waals surface area contributed by atoms with Crippen LogP contribution in [0, 0.1) is 6.07 Å². The number of nitrogens with two attached hydrogens (primary N) is 1. The first-order chi connectivity index (χ1) is 5.09. The summed E-state index contributed by atoms with van der Waals surface area (Å²) in [5.74, 6) is -0.985. The Morgan fingerprint density at radius 2 is 1.82 bits per heavy atom. The van der Waals surface area contributed by atoms with Gasteiger partial charge in [0.05, 0.1) is 6.07 Å². The predicted octanol–water partition coefficient (Wildman–Crippen LogP) is 0.682. The zero-order valence-corrected chi connectivity index (χ0v) is 6.65. The lowest BCUT2D eigenvalue weighted by Gasteiger charge is -1.93. The molecule has 0 atom stereocenters. The molecule has 2 N–H and O–H groups in total. The summed E-state index contributed by atoms with van der Waals surface area (Å²) < 4.78 is 0. The largest absolute Gasteiger partial charge is 0.363 e. The van der Waals surface area contributed by atoms with Gasteiger partial charge in [0.2, 0.25) is 5.82 Å². The number of aromatic nitrogens is 2. The predicted molar refractivity (Wildman–Crippen MR) is 39.4 cm³/mol. The van der Waals surface area contributed by atoms with E-state index in [-0.39, 0.29) is 16.1 Å². The molecule has 0 saturated carbocycles. The van der Waals surface area contributed by atoms with E-state index in [2.05, 4.69) is 16.0 Å². The van der Waals surface area contributed by atoms with Crippen molar-refractivity contribution in [3.05, 3.63) is 22.2 Å². The topological polar surface area (TPSA) is 68.9 Å². The van der Waals surface area contributed by atoms with Crippen molar-refractivity contribution in [2.45, 2.75) is 0 Å². The second-order valence-electron chi connectivity index (χ2n) is 1.62. The van der Waals surface area contributed by atoms with Gasteiger partial charge in [-0.3, -0.25) is 4.79 Å². The van der Waals surface area contributed by atoms with Crippen LogP contribution in [0.5, 0.6) is 0 Å². The van der Waals surface area contributed by atoms with Crippen LogP contribution in [0.4, 0.5) is 0 Å². The number of hydrogen-bond acceptors (Lipinski definition) is 3. The van der Waals surface area contributed by atoms with Crippen LogP contribution in [0.2, 0.25) is 10.3 Å². The first-order valence-electron chi connectivity index (χ1n) is 2.52. The SMILES string of the molecule is NC(=O)c1nc(Cl)[c]c(Cl)n1. The minimum atomic E-state index is -0.775. The fourth-order valence-corrected chi connectivity index (χ4v) is 0.850. The van der Waals surface area contributed by atoms with Gasteiger partial charge in [0.1, 0.15) is 10.3 Å². The highest BCUT2D eigenvalue weighted by atomic mass is 35.5. The maximum atomic E-state index is 10.5. The number of hydrogen-bond donors (Lipinski definition) is 1. The molecule has 1 rings (SSSR count). The quantitative estimate of drug-likeness (QED) is 0.663. The Kier molecular flexibility index (Phi) is 2.26. The Balaban J connectivity index is 3.19. The molecule has 1 radical (unpaired) electrons. The highest BCUT2D eigenvalue weighted by Crippen LogP contribution is 2.09. The number of amides is 1. The monoisotopic (exact) mass is 190 g/mol. The molecule has 4 nitrogen and oxygen atoms in total. The molecule has 0 aliphatic carbocycles. The van der Waals surface area contributed by atoms with Crippen LogP contribution in [-0.2, 0) is 0 Å². The number of rotatable bonds is 1. The normalized spacial score (nSPS) is 9.64. The van der Waals surface area contributed by atoms with E-state index < -0.39 is 5.91 Å². The summed E-state index contributed by atoms with van der Waals surface area (Å²) in [6, 6.07) is 2.37. The smallest absolute Gasteiger partial charge is 0.286 e. The van der Waals surface area contributed by atoms with Crippen molar-refractivity contribution in [2.24, 2.45) is 5.73 Å². The van der Waals surface area contributed by atoms with E-state index in [0.29, 0.717) is 0 Å². The molecule has 0 aromatic carbocycles. The van der Waals surface area contributed by atoms with Crippen molar-refractivity contribution in [1.82, 2.24) is 9.97 Å². The average molecular weight is 191 g/mol. The molecule has 1 aromatic heterocycles. The van der Waals surface area contributed by atoms with Crippen molar-refractivity contribution in [2.75, 3.05) is 0 Å². The lowest BCUT2D eigenvalue weighted by Crippen LogP contribution is -2.15. The molecular weight excluding hydrogens is 189 g/mol. The molecule has 0 aliphatic heterocycles. The third-order valence-corrected chi connectivity index (χ3v) is 1.19. The van der Waals surface area contributed by atoms with E-state index in [1.165, 1.54) is 0 Å². The summed E-state index contributed by atoms with van der Waals surface area (Å²) in [6.45, 7) is 0. The molecule has 0 fully saturated rings. The van der Waals surface area contributed by atoms with E-state index in [1.807, 2.05) is 0 Å². The fraction of sp³-hybridized carbons (Fsp3) is 0. The second kappa shape index (κ2) is 3.02. The summed E-state index contributed by atoms with van der Waals surface area (Å²) in [5.41, 5.74) is 4.86. The molecule has 0 spiro atoms. The Labute approximate surface area is 72.3 Å². The van der Waals surface area contributed by atoms with Crippen LogP contribution >= 0.6 is 23.2 Å². The Bertz CT molecular complexity index is 282. The number of carbonyl (C=O) groups is 1.